The molecule has 0 rings (SSSR count). The molecule has 0 aromatic carbocycles. The van der Waals surface area contributed by atoms with Gasteiger partial charge in [0, 0.05) is 13.0 Å². The van der Waals surface area contributed by atoms with Crippen molar-refractivity contribution in [3.63, 3.8) is 0 Å². The molecule has 0 saturated heterocycles. The van der Waals surface area contributed by atoms with Crippen LogP contribution in [0.3, 0.4) is 0 Å². The first kappa shape index (κ1) is 23.1. The Kier molecular flexibility index (Phi) is 9.85. The van der Waals surface area contributed by atoms with Gasteiger partial charge in [0.05, 0.1) is 0 Å². The molecule has 0 heterocycles. The zero-order chi connectivity index (χ0) is 19.1. The van der Waals surface area contributed by atoms with E-state index in [1.54, 1.807) is 14.0 Å². The highest BCUT2D eigenvalue weighted by Gasteiger charge is 2.41. The summed E-state index contributed by atoms with van der Waals surface area (Å²) >= 11 is 0. The number of hydrogen-bond donors (Lipinski definition) is 0. The third-order valence-electron chi connectivity index (χ3n) is 5.43. The van der Waals surface area contributed by atoms with Crippen molar-refractivity contribution >= 4 is 13.9 Å². The molecule has 0 aliphatic rings. The van der Waals surface area contributed by atoms with E-state index in [4.69, 9.17) is 4.74 Å². The molecule has 0 fully saturated rings. The van der Waals surface area contributed by atoms with E-state index in [1.807, 2.05) is 13.0 Å². The van der Waals surface area contributed by atoms with Crippen LogP contribution < -0.4 is 0 Å². The summed E-state index contributed by atoms with van der Waals surface area (Å²) in [5.74, 6) is 3.76. The zero-order valence-corrected chi connectivity index (χ0v) is 18.5. The number of hydrogen-bond acceptors (Lipinski definition) is 2. The summed E-state index contributed by atoms with van der Waals surface area (Å²) in [6, 6.07) is 0. The molecule has 0 spiro atoms. The lowest BCUT2D eigenvalue weighted by Gasteiger charge is -2.38. The lowest BCUT2D eigenvalue weighted by Crippen LogP contribution is -2.43. The van der Waals surface area contributed by atoms with Gasteiger partial charge in [-0.15, -0.1) is 5.54 Å². The van der Waals surface area contributed by atoms with Crippen LogP contribution in [0.2, 0.25) is 16.6 Å². The molecule has 0 radical (unpaired) electrons. The Balaban J connectivity index is 5.84. The van der Waals surface area contributed by atoms with Gasteiger partial charge in [0.2, 0.25) is 0 Å². The number of ether oxygens (including phenoxy) is 1. The highest BCUT2D eigenvalue weighted by molar-refractivity contribution is 6.90. The smallest absolute Gasteiger partial charge is 0.155 e. The Morgan fingerprint density at radius 1 is 1.04 bits per heavy atom. The molecule has 0 aromatic heterocycles. The van der Waals surface area contributed by atoms with Crippen LogP contribution >= 0.6 is 0 Å². The van der Waals surface area contributed by atoms with Crippen molar-refractivity contribution < 1.29 is 9.53 Å². The van der Waals surface area contributed by atoms with E-state index < -0.39 is 8.07 Å². The average Bonchev–Trinajstić information content (AvgIpc) is 2.48. The first-order valence-electron chi connectivity index (χ1n) is 9.29. The van der Waals surface area contributed by atoms with Crippen LogP contribution in [-0.2, 0) is 9.53 Å². The van der Waals surface area contributed by atoms with E-state index in [1.165, 1.54) is 0 Å². The van der Waals surface area contributed by atoms with Crippen molar-refractivity contribution in [2.24, 2.45) is 5.92 Å². The standard InChI is InChI=1S/C21H38O2Si/c1-11-20(14-18(8)19(9)22)21(23-10)12-13-24(15(2)3,16(4)5)17(6)7/h14-17,20-21H,11H2,1-10H3/b18-14+/t20-,21-/m0/s1. The van der Waals surface area contributed by atoms with Gasteiger partial charge in [-0.25, -0.2) is 0 Å². The Morgan fingerprint density at radius 2 is 1.50 bits per heavy atom. The molecule has 0 aliphatic heterocycles. The summed E-state index contributed by atoms with van der Waals surface area (Å²) in [6.45, 7) is 19.5. The molecule has 0 amide bonds. The molecule has 2 nitrogen and oxygen atoms in total. The van der Waals surface area contributed by atoms with Crippen molar-refractivity contribution in [3.8, 4) is 11.5 Å². The van der Waals surface area contributed by atoms with Gasteiger partial charge < -0.3 is 4.74 Å². The molecule has 0 unspecified atom stereocenters. The Bertz CT molecular complexity index is 470. The normalized spacial score (nSPS) is 15.5. The van der Waals surface area contributed by atoms with Crippen LogP contribution in [0.5, 0.6) is 0 Å². The molecule has 0 N–H and O–H groups in total. The van der Waals surface area contributed by atoms with Gasteiger partial charge >= 0.3 is 0 Å². The average molecular weight is 351 g/mol. The number of ketones is 1. The number of allylic oxidation sites excluding steroid dienone is 1. The number of rotatable bonds is 8. The lowest BCUT2D eigenvalue weighted by molar-refractivity contribution is -0.113. The molecule has 24 heavy (non-hydrogen) atoms. The van der Waals surface area contributed by atoms with Gasteiger partial charge in [0.15, 0.2) is 5.78 Å². The first-order chi connectivity index (χ1) is 11.0. The number of Topliss-reactive ketones (excluding diaryl/α,β-unsaturated/α-hetero) is 1. The topological polar surface area (TPSA) is 26.3 Å². The quantitative estimate of drug-likeness (QED) is 0.315. The van der Waals surface area contributed by atoms with Crippen molar-refractivity contribution in [1.29, 1.82) is 0 Å². The van der Waals surface area contributed by atoms with E-state index >= 15 is 0 Å². The Morgan fingerprint density at radius 3 is 1.79 bits per heavy atom. The molecule has 2 atom stereocenters. The maximum absolute atomic E-state index is 11.6. The van der Waals surface area contributed by atoms with E-state index in [2.05, 4.69) is 59.9 Å². The fraction of sp³-hybridized carbons (Fsp3) is 0.762. The lowest BCUT2D eigenvalue weighted by atomic mass is 9.96. The van der Waals surface area contributed by atoms with Crippen molar-refractivity contribution in [2.75, 3.05) is 7.11 Å². The predicted molar refractivity (Wildman–Crippen MR) is 108 cm³/mol. The fourth-order valence-corrected chi connectivity index (χ4v) is 9.09. The minimum absolute atomic E-state index is 0.117. The second-order valence-corrected chi connectivity index (χ2v) is 13.4. The number of carbonyl (C=O) groups is 1. The van der Waals surface area contributed by atoms with E-state index in [0.717, 1.165) is 12.0 Å². The molecular weight excluding hydrogens is 312 g/mol. The van der Waals surface area contributed by atoms with E-state index in [0.29, 0.717) is 16.6 Å². The zero-order valence-electron chi connectivity index (χ0n) is 17.5. The molecule has 3 heteroatoms. The monoisotopic (exact) mass is 350 g/mol. The highest BCUT2D eigenvalue weighted by atomic mass is 28.3. The van der Waals surface area contributed by atoms with Crippen molar-refractivity contribution in [1.82, 2.24) is 0 Å². The van der Waals surface area contributed by atoms with Gasteiger partial charge in [-0.3, -0.25) is 4.79 Å². The second-order valence-electron chi connectivity index (χ2n) is 7.80. The van der Waals surface area contributed by atoms with Crippen LogP contribution in [0.15, 0.2) is 11.6 Å². The van der Waals surface area contributed by atoms with Crippen molar-refractivity contribution in [2.45, 2.75) is 91.5 Å². The summed E-state index contributed by atoms with van der Waals surface area (Å²) < 4.78 is 5.71. The summed E-state index contributed by atoms with van der Waals surface area (Å²) in [5.41, 5.74) is 6.37. The molecule has 0 aliphatic carbocycles. The largest absolute Gasteiger partial charge is 0.368 e. The molecule has 138 valence electrons. The van der Waals surface area contributed by atoms with Gasteiger partial charge in [-0.2, -0.15) is 0 Å². The van der Waals surface area contributed by atoms with Crippen LogP contribution in [0, 0.1) is 17.4 Å². The van der Waals surface area contributed by atoms with Gasteiger partial charge in [-0.05, 0) is 42.5 Å². The van der Waals surface area contributed by atoms with Gasteiger partial charge in [-0.1, -0.05) is 60.5 Å². The van der Waals surface area contributed by atoms with Crippen LogP contribution in [-0.4, -0.2) is 27.1 Å². The van der Waals surface area contributed by atoms with Crippen LogP contribution in [0.25, 0.3) is 0 Å². The molecular formula is C21H38O2Si. The maximum atomic E-state index is 11.6. The summed E-state index contributed by atoms with van der Waals surface area (Å²) in [5, 5.41) is 0. The highest BCUT2D eigenvalue weighted by Crippen LogP contribution is 2.40. The fourth-order valence-electron chi connectivity index (χ4n) is 3.83. The minimum Gasteiger partial charge on any atom is -0.368 e. The minimum atomic E-state index is -1.76. The van der Waals surface area contributed by atoms with E-state index in [-0.39, 0.29) is 17.8 Å². The van der Waals surface area contributed by atoms with Crippen molar-refractivity contribution in [3.05, 3.63) is 11.6 Å². The third kappa shape index (κ3) is 5.60. The first-order valence-corrected chi connectivity index (χ1v) is 11.5. The molecule has 0 aromatic rings. The predicted octanol–water partition coefficient (Wildman–Crippen LogP) is 5.78. The number of methoxy groups -OCH3 is 1. The molecule has 0 bridgehead atoms. The summed E-state index contributed by atoms with van der Waals surface area (Å²) in [7, 11) is -0.0312. The van der Waals surface area contributed by atoms with E-state index in [9.17, 15) is 4.79 Å². The maximum Gasteiger partial charge on any atom is 0.155 e. The van der Waals surface area contributed by atoms with Gasteiger partial charge in [0.25, 0.3) is 0 Å². The Hall–Kier alpha value is -0.853. The van der Waals surface area contributed by atoms with Crippen LogP contribution in [0.1, 0.15) is 68.7 Å². The Labute approximate surface area is 151 Å². The van der Waals surface area contributed by atoms with Crippen LogP contribution in [0.4, 0.5) is 0 Å². The van der Waals surface area contributed by atoms with Gasteiger partial charge in [0.1, 0.15) is 14.2 Å². The summed E-state index contributed by atoms with van der Waals surface area (Å²) in [4.78, 5) is 11.6. The molecule has 0 saturated carbocycles. The summed E-state index contributed by atoms with van der Waals surface area (Å²) in [6.07, 6.45) is 2.80. The SMILES string of the molecule is CC[C@@H](/C=C(\C)C(C)=O)[C@H](C#C[Si](C(C)C)(C(C)C)C(C)C)OC. The number of carbonyl (C=O) groups excluding carboxylic acids is 1. The third-order valence-corrected chi connectivity index (χ3v) is 11.7. The second kappa shape index (κ2) is 10.2.